The average Bonchev–Trinajstić information content (AvgIpc) is 2.25. The van der Waals surface area contributed by atoms with Gasteiger partial charge in [-0.25, -0.2) is 0 Å². The van der Waals surface area contributed by atoms with Gasteiger partial charge in [-0.2, -0.15) is 0 Å². The van der Waals surface area contributed by atoms with Crippen LogP contribution in [0.1, 0.15) is 39.0 Å². The van der Waals surface area contributed by atoms with Crippen LogP contribution in [-0.2, 0) is 4.79 Å². The van der Waals surface area contributed by atoms with E-state index >= 15 is 0 Å². The summed E-state index contributed by atoms with van der Waals surface area (Å²) in [5.41, 5.74) is 0. The third kappa shape index (κ3) is 11.1. The highest BCUT2D eigenvalue weighted by molar-refractivity contribution is 5.78. The largest absolute Gasteiger partial charge is 0.352 e. The lowest BCUT2D eigenvalue weighted by atomic mass is 10.1. The van der Waals surface area contributed by atoms with Crippen LogP contribution in [0.2, 0.25) is 0 Å². The lowest BCUT2D eigenvalue weighted by molar-refractivity contribution is -0.120. The summed E-state index contributed by atoms with van der Waals surface area (Å²) in [6.45, 7) is 7.65. The van der Waals surface area contributed by atoms with Crippen LogP contribution in [0.5, 0.6) is 0 Å². The van der Waals surface area contributed by atoms with Gasteiger partial charge in [-0.1, -0.05) is 38.7 Å². The molecule has 0 bridgehead atoms. The zero-order valence-corrected chi connectivity index (χ0v) is 9.85. The Kier molecular flexibility index (Phi) is 10.6. The Morgan fingerprint density at radius 3 is 2.67 bits per heavy atom. The van der Waals surface area contributed by atoms with E-state index in [1.165, 1.54) is 25.7 Å². The van der Waals surface area contributed by atoms with E-state index in [4.69, 9.17) is 0 Å². The van der Waals surface area contributed by atoms with Gasteiger partial charge in [-0.15, -0.1) is 6.58 Å². The van der Waals surface area contributed by atoms with Crippen molar-refractivity contribution in [1.29, 1.82) is 0 Å². The lowest BCUT2D eigenvalue weighted by Crippen LogP contribution is -2.34. The van der Waals surface area contributed by atoms with E-state index in [0.29, 0.717) is 13.1 Å². The molecule has 0 aliphatic carbocycles. The first-order chi connectivity index (χ1) is 7.31. The van der Waals surface area contributed by atoms with Gasteiger partial charge in [0.15, 0.2) is 0 Å². The molecule has 0 aliphatic rings. The number of hydrogen-bond donors (Lipinski definition) is 2. The third-order valence-electron chi connectivity index (χ3n) is 2.19. The minimum atomic E-state index is 0.0449. The quantitative estimate of drug-likeness (QED) is 0.428. The maximum Gasteiger partial charge on any atom is 0.234 e. The average molecular weight is 212 g/mol. The van der Waals surface area contributed by atoms with Crippen LogP contribution in [0.25, 0.3) is 0 Å². The Morgan fingerprint density at radius 2 is 2.00 bits per heavy atom. The maximum atomic E-state index is 11.1. The van der Waals surface area contributed by atoms with Crippen molar-refractivity contribution in [3.63, 3.8) is 0 Å². The number of nitrogens with one attached hydrogen (secondary N) is 2. The van der Waals surface area contributed by atoms with Crippen LogP contribution in [-0.4, -0.2) is 25.5 Å². The number of carbonyl (C=O) groups excluding carboxylic acids is 1. The molecule has 15 heavy (non-hydrogen) atoms. The highest BCUT2D eigenvalue weighted by atomic mass is 16.1. The Morgan fingerprint density at radius 1 is 1.27 bits per heavy atom. The Labute approximate surface area is 93.3 Å². The third-order valence-corrected chi connectivity index (χ3v) is 2.19. The van der Waals surface area contributed by atoms with Crippen LogP contribution >= 0.6 is 0 Å². The van der Waals surface area contributed by atoms with Crippen molar-refractivity contribution in [2.75, 3.05) is 19.6 Å². The van der Waals surface area contributed by atoms with E-state index in [9.17, 15) is 4.79 Å². The number of hydrogen-bond acceptors (Lipinski definition) is 2. The maximum absolute atomic E-state index is 11.1. The Hall–Kier alpha value is -0.830. The van der Waals surface area contributed by atoms with Gasteiger partial charge in [0.25, 0.3) is 0 Å². The second-order valence-corrected chi connectivity index (χ2v) is 3.68. The zero-order valence-electron chi connectivity index (χ0n) is 9.85. The van der Waals surface area contributed by atoms with Crippen molar-refractivity contribution in [3.8, 4) is 0 Å². The standard InChI is InChI=1S/C12H24N2O/c1-3-5-6-7-8-10-13-11-12(15)14-9-4-2/h4,13H,2-3,5-11H2,1H3,(H,14,15). The Bertz CT molecular complexity index is 169. The van der Waals surface area contributed by atoms with E-state index in [1.54, 1.807) is 6.08 Å². The molecule has 0 saturated heterocycles. The molecular formula is C12H24N2O. The molecule has 0 rings (SSSR count). The first-order valence-electron chi connectivity index (χ1n) is 5.89. The SMILES string of the molecule is C=CCNC(=O)CNCCCCCCC. The van der Waals surface area contributed by atoms with Crippen molar-refractivity contribution < 1.29 is 4.79 Å². The smallest absolute Gasteiger partial charge is 0.234 e. The van der Waals surface area contributed by atoms with Gasteiger partial charge < -0.3 is 10.6 Å². The van der Waals surface area contributed by atoms with Crippen LogP contribution in [0, 0.1) is 0 Å². The summed E-state index contributed by atoms with van der Waals surface area (Å²) in [4.78, 5) is 11.1. The summed E-state index contributed by atoms with van der Waals surface area (Å²) in [5, 5.41) is 5.85. The fourth-order valence-electron chi connectivity index (χ4n) is 1.30. The second kappa shape index (κ2) is 11.2. The van der Waals surface area contributed by atoms with Gasteiger partial charge in [0.05, 0.1) is 6.54 Å². The highest BCUT2D eigenvalue weighted by Crippen LogP contribution is 2.00. The first-order valence-corrected chi connectivity index (χ1v) is 5.89. The van der Waals surface area contributed by atoms with Gasteiger partial charge in [0.1, 0.15) is 0 Å². The van der Waals surface area contributed by atoms with Gasteiger partial charge in [-0.3, -0.25) is 4.79 Å². The zero-order chi connectivity index (χ0) is 11.4. The van der Waals surface area contributed by atoms with Gasteiger partial charge in [0, 0.05) is 6.54 Å². The molecule has 3 heteroatoms. The molecule has 0 fully saturated rings. The van der Waals surface area contributed by atoms with E-state index in [-0.39, 0.29) is 5.91 Å². The molecule has 2 N–H and O–H groups in total. The van der Waals surface area contributed by atoms with Crippen LogP contribution < -0.4 is 10.6 Å². The summed E-state index contributed by atoms with van der Waals surface area (Å²) >= 11 is 0. The summed E-state index contributed by atoms with van der Waals surface area (Å²) in [6, 6.07) is 0. The monoisotopic (exact) mass is 212 g/mol. The lowest BCUT2D eigenvalue weighted by Gasteiger charge is -2.04. The van der Waals surface area contributed by atoms with Crippen LogP contribution in [0.4, 0.5) is 0 Å². The summed E-state index contributed by atoms with van der Waals surface area (Å²) in [6.07, 6.45) is 8.00. The fourth-order valence-corrected chi connectivity index (χ4v) is 1.30. The molecule has 0 spiro atoms. The van der Waals surface area contributed by atoms with E-state index < -0.39 is 0 Å². The summed E-state index contributed by atoms with van der Waals surface area (Å²) in [7, 11) is 0. The van der Waals surface area contributed by atoms with E-state index in [0.717, 1.165) is 13.0 Å². The van der Waals surface area contributed by atoms with E-state index in [2.05, 4.69) is 24.1 Å². The van der Waals surface area contributed by atoms with Gasteiger partial charge in [-0.05, 0) is 13.0 Å². The predicted octanol–water partition coefficient (Wildman–Crippen LogP) is 1.85. The minimum Gasteiger partial charge on any atom is -0.352 e. The molecule has 0 heterocycles. The number of rotatable bonds is 10. The van der Waals surface area contributed by atoms with Crippen molar-refractivity contribution >= 4 is 5.91 Å². The van der Waals surface area contributed by atoms with E-state index in [1.807, 2.05) is 0 Å². The van der Waals surface area contributed by atoms with Crippen LogP contribution in [0.15, 0.2) is 12.7 Å². The Balaban J connectivity index is 3.09. The molecule has 0 saturated carbocycles. The molecule has 0 aromatic rings. The summed E-state index contributed by atoms with van der Waals surface area (Å²) < 4.78 is 0. The summed E-state index contributed by atoms with van der Waals surface area (Å²) in [5.74, 6) is 0.0449. The molecule has 0 radical (unpaired) electrons. The predicted molar refractivity (Wildman–Crippen MR) is 64.8 cm³/mol. The minimum absolute atomic E-state index is 0.0449. The molecule has 0 aliphatic heterocycles. The first kappa shape index (κ1) is 14.2. The normalized spacial score (nSPS) is 9.93. The topological polar surface area (TPSA) is 41.1 Å². The van der Waals surface area contributed by atoms with Gasteiger partial charge >= 0.3 is 0 Å². The number of carbonyl (C=O) groups is 1. The second-order valence-electron chi connectivity index (χ2n) is 3.68. The molecule has 3 nitrogen and oxygen atoms in total. The van der Waals surface area contributed by atoms with Gasteiger partial charge in [0.2, 0.25) is 5.91 Å². The van der Waals surface area contributed by atoms with Crippen molar-refractivity contribution in [3.05, 3.63) is 12.7 Å². The molecule has 0 unspecified atom stereocenters. The highest BCUT2D eigenvalue weighted by Gasteiger charge is 1.97. The van der Waals surface area contributed by atoms with Crippen molar-refractivity contribution in [2.45, 2.75) is 39.0 Å². The number of amides is 1. The van der Waals surface area contributed by atoms with Crippen LogP contribution in [0.3, 0.4) is 0 Å². The van der Waals surface area contributed by atoms with Crippen molar-refractivity contribution in [1.82, 2.24) is 10.6 Å². The fraction of sp³-hybridized carbons (Fsp3) is 0.750. The number of unbranched alkanes of at least 4 members (excludes halogenated alkanes) is 4. The molecule has 0 aromatic carbocycles. The molecule has 88 valence electrons. The molecular weight excluding hydrogens is 188 g/mol. The molecule has 0 aromatic heterocycles. The molecule has 0 atom stereocenters. The molecule has 1 amide bonds. The van der Waals surface area contributed by atoms with Crippen molar-refractivity contribution in [2.24, 2.45) is 0 Å².